The van der Waals surface area contributed by atoms with E-state index in [-0.39, 0.29) is 17.3 Å². The maximum atomic E-state index is 14.0. The highest BCUT2D eigenvalue weighted by Gasteiger charge is 2.30. The van der Waals surface area contributed by atoms with Gasteiger partial charge in [-0.25, -0.2) is 9.07 Å². The summed E-state index contributed by atoms with van der Waals surface area (Å²) in [6, 6.07) is 5.93. The molecule has 1 fully saturated rings. The Morgan fingerprint density at radius 3 is 2.69 bits per heavy atom. The predicted molar refractivity (Wildman–Crippen MR) is 90.8 cm³/mol. The van der Waals surface area contributed by atoms with Crippen molar-refractivity contribution in [3.8, 4) is 5.69 Å². The first-order chi connectivity index (χ1) is 12.5. The number of carboxylic acids is 1. The van der Waals surface area contributed by atoms with Crippen LogP contribution in [-0.2, 0) is 9.53 Å². The third-order valence-electron chi connectivity index (χ3n) is 4.52. The van der Waals surface area contributed by atoms with Gasteiger partial charge in [0.2, 0.25) is 0 Å². The third-order valence-corrected chi connectivity index (χ3v) is 4.52. The molecule has 0 bridgehead atoms. The minimum atomic E-state index is -1.08. The van der Waals surface area contributed by atoms with Crippen LogP contribution in [0.3, 0.4) is 0 Å². The van der Waals surface area contributed by atoms with Gasteiger partial charge >= 0.3 is 5.97 Å². The van der Waals surface area contributed by atoms with Crippen LogP contribution in [0.1, 0.15) is 28.9 Å². The topological polar surface area (TPSA) is 84.7 Å². The molecule has 26 heavy (non-hydrogen) atoms. The predicted octanol–water partition coefficient (Wildman–Crippen LogP) is 2.03. The zero-order chi connectivity index (χ0) is 18.7. The largest absolute Gasteiger partial charge is 0.480 e. The average molecular weight is 361 g/mol. The molecule has 0 spiro atoms. The van der Waals surface area contributed by atoms with Crippen molar-refractivity contribution >= 4 is 11.9 Å². The van der Waals surface area contributed by atoms with Gasteiger partial charge in [0.25, 0.3) is 5.91 Å². The highest BCUT2D eigenvalue weighted by molar-refractivity contribution is 5.97. The van der Waals surface area contributed by atoms with E-state index in [1.807, 2.05) is 0 Å². The summed E-state index contributed by atoms with van der Waals surface area (Å²) < 4.78 is 20.7. The average Bonchev–Trinajstić information content (AvgIpc) is 3.01. The van der Waals surface area contributed by atoms with E-state index >= 15 is 0 Å². The van der Waals surface area contributed by atoms with Crippen LogP contribution in [0.5, 0.6) is 0 Å². The first-order valence-electron chi connectivity index (χ1n) is 8.39. The lowest BCUT2D eigenvalue weighted by molar-refractivity contribution is -0.138. The Balaban J connectivity index is 1.92. The number of rotatable bonds is 5. The molecule has 8 heteroatoms. The highest BCUT2D eigenvalue weighted by atomic mass is 19.1. The number of aliphatic carboxylic acids is 1. The van der Waals surface area contributed by atoms with Gasteiger partial charge < -0.3 is 14.7 Å². The van der Waals surface area contributed by atoms with Crippen molar-refractivity contribution in [1.29, 1.82) is 0 Å². The molecule has 7 nitrogen and oxygen atoms in total. The van der Waals surface area contributed by atoms with Crippen LogP contribution in [0.2, 0.25) is 0 Å². The molecule has 1 aromatic heterocycles. The van der Waals surface area contributed by atoms with Crippen molar-refractivity contribution in [3.63, 3.8) is 0 Å². The van der Waals surface area contributed by atoms with Gasteiger partial charge in [-0.15, -0.1) is 0 Å². The number of carbonyl (C=O) groups is 2. The fraction of sp³-hybridized carbons (Fsp3) is 0.389. The molecular formula is C18H20FN3O4. The van der Waals surface area contributed by atoms with Gasteiger partial charge in [0.05, 0.1) is 17.5 Å². The zero-order valence-corrected chi connectivity index (χ0v) is 14.4. The van der Waals surface area contributed by atoms with Crippen LogP contribution in [0, 0.1) is 12.7 Å². The number of para-hydroxylation sites is 1. The van der Waals surface area contributed by atoms with Crippen molar-refractivity contribution in [2.75, 3.05) is 19.8 Å². The van der Waals surface area contributed by atoms with Crippen molar-refractivity contribution < 1.29 is 23.8 Å². The van der Waals surface area contributed by atoms with Gasteiger partial charge in [-0.2, -0.15) is 5.10 Å². The van der Waals surface area contributed by atoms with Crippen LogP contribution in [0.15, 0.2) is 30.5 Å². The standard InChI is InChI=1S/C18H20FN3O4/c1-12-14(10-20-22(12)16-5-3-2-4-15(16)19)18(25)21(11-17(23)24)13-6-8-26-9-7-13/h2-5,10,13H,6-9,11H2,1H3,(H,23,24). The Kier molecular flexibility index (Phi) is 5.32. The normalized spacial score (nSPS) is 15.0. The number of aromatic nitrogens is 2. The Bertz CT molecular complexity index is 815. The Morgan fingerprint density at radius 2 is 2.04 bits per heavy atom. The lowest BCUT2D eigenvalue weighted by atomic mass is 10.1. The SMILES string of the molecule is Cc1c(C(=O)N(CC(=O)O)C2CCOCC2)cnn1-c1ccccc1F. The number of benzene rings is 1. The smallest absolute Gasteiger partial charge is 0.323 e. The molecule has 0 radical (unpaired) electrons. The Hall–Kier alpha value is -2.74. The summed E-state index contributed by atoms with van der Waals surface area (Å²) >= 11 is 0. The van der Waals surface area contributed by atoms with E-state index < -0.39 is 24.2 Å². The van der Waals surface area contributed by atoms with Crippen molar-refractivity contribution in [1.82, 2.24) is 14.7 Å². The molecule has 138 valence electrons. The van der Waals surface area contributed by atoms with Crippen LogP contribution in [-0.4, -0.2) is 57.5 Å². The molecule has 0 atom stereocenters. The van der Waals surface area contributed by atoms with Gasteiger partial charge in [0, 0.05) is 19.3 Å². The molecule has 1 aliphatic heterocycles. The summed E-state index contributed by atoms with van der Waals surface area (Å²) in [5, 5.41) is 13.3. The summed E-state index contributed by atoms with van der Waals surface area (Å²) in [6.07, 6.45) is 2.53. The maximum absolute atomic E-state index is 14.0. The molecular weight excluding hydrogens is 341 g/mol. The highest BCUT2D eigenvalue weighted by Crippen LogP contribution is 2.21. The second-order valence-electron chi connectivity index (χ2n) is 6.18. The quantitative estimate of drug-likeness (QED) is 0.881. The summed E-state index contributed by atoms with van der Waals surface area (Å²) in [7, 11) is 0. The van der Waals surface area contributed by atoms with E-state index in [2.05, 4.69) is 5.10 Å². The lowest BCUT2D eigenvalue weighted by Crippen LogP contribution is -2.46. The van der Waals surface area contributed by atoms with E-state index in [0.29, 0.717) is 31.7 Å². The number of hydrogen-bond donors (Lipinski definition) is 1. The van der Waals surface area contributed by atoms with Crippen LogP contribution < -0.4 is 0 Å². The maximum Gasteiger partial charge on any atom is 0.323 e. The second-order valence-corrected chi connectivity index (χ2v) is 6.18. The molecule has 1 N–H and O–H groups in total. The number of carboxylic acid groups (broad SMARTS) is 1. The minimum Gasteiger partial charge on any atom is -0.480 e. The molecule has 2 heterocycles. The summed E-state index contributed by atoms with van der Waals surface area (Å²) in [5.41, 5.74) is 0.962. The van der Waals surface area contributed by atoms with Crippen molar-refractivity contribution in [2.45, 2.75) is 25.8 Å². The number of amides is 1. The van der Waals surface area contributed by atoms with Gasteiger partial charge in [-0.1, -0.05) is 12.1 Å². The summed E-state index contributed by atoms with van der Waals surface area (Å²) in [4.78, 5) is 25.6. The van der Waals surface area contributed by atoms with E-state index in [1.54, 1.807) is 25.1 Å². The van der Waals surface area contributed by atoms with Gasteiger partial charge in [-0.3, -0.25) is 9.59 Å². The molecule has 1 aliphatic rings. The number of ether oxygens (including phenoxy) is 1. The molecule has 0 unspecified atom stereocenters. The van der Waals surface area contributed by atoms with E-state index in [0.717, 1.165) is 0 Å². The Morgan fingerprint density at radius 1 is 1.35 bits per heavy atom. The minimum absolute atomic E-state index is 0.205. The molecule has 1 saturated heterocycles. The number of hydrogen-bond acceptors (Lipinski definition) is 4. The molecule has 1 aromatic carbocycles. The molecule has 3 rings (SSSR count). The lowest BCUT2D eigenvalue weighted by Gasteiger charge is -2.33. The fourth-order valence-electron chi connectivity index (χ4n) is 3.15. The number of nitrogens with zero attached hydrogens (tertiary/aromatic N) is 3. The van der Waals surface area contributed by atoms with Crippen LogP contribution in [0.4, 0.5) is 4.39 Å². The monoisotopic (exact) mass is 361 g/mol. The molecule has 2 aromatic rings. The molecule has 0 aliphatic carbocycles. The molecule has 1 amide bonds. The van der Waals surface area contributed by atoms with Gasteiger partial charge in [-0.05, 0) is 31.9 Å². The molecule has 0 saturated carbocycles. The van der Waals surface area contributed by atoms with Crippen LogP contribution >= 0.6 is 0 Å². The summed E-state index contributed by atoms with van der Waals surface area (Å²) in [5.74, 6) is -1.95. The van der Waals surface area contributed by atoms with Crippen molar-refractivity contribution in [2.24, 2.45) is 0 Å². The van der Waals surface area contributed by atoms with Gasteiger partial charge in [0.15, 0.2) is 0 Å². The van der Waals surface area contributed by atoms with Gasteiger partial charge in [0.1, 0.15) is 18.0 Å². The third kappa shape index (κ3) is 3.60. The second kappa shape index (κ2) is 7.65. The zero-order valence-electron chi connectivity index (χ0n) is 14.4. The number of halogens is 1. The first-order valence-corrected chi connectivity index (χ1v) is 8.39. The van der Waals surface area contributed by atoms with E-state index in [9.17, 15) is 19.1 Å². The van der Waals surface area contributed by atoms with E-state index in [1.165, 1.54) is 21.8 Å². The Labute approximate surface area is 150 Å². The fourth-order valence-corrected chi connectivity index (χ4v) is 3.15. The number of carbonyl (C=O) groups excluding carboxylic acids is 1. The summed E-state index contributed by atoms with van der Waals surface area (Å²) in [6.45, 7) is 2.24. The first kappa shape index (κ1) is 18.1. The van der Waals surface area contributed by atoms with Crippen molar-refractivity contribution in [3.05, 3.63) is 47.5 Å². The van der Waals surface area contributed by atoms with E-state index in [4.69, 9.17) is 4.74 Å². The van der Waals surface area contributed by atoms with Crippen LogP contribution in [0.25, 0.3) is 5.69 Å².